The summed E-state index contributed by atoms with van der Waals surface area (Å²) in [6, 6.07) is 4.56. The number of hydrogen-bond donors (Lipinski definition) is 1. The van der Waals surface area contributed by atoms with E-state index in [0.29, 0.717) is 22.7 Å². The highest BCUT2D eigenvalue weighted by molar-refractivity contribution is 6.35. The molecule has 2 heterocycles. The Bertz CT molecular complexity index is 503. The highest BCUT2D eigenvalue weighted by Gasteiger charge is 2.25. The van der Waals surface area contributed by atoms with Gasteiger partial charge >= 0.3 is 0 Å². The Labute approximate surface area is 136 Å². The molecule has 0 bridgehead atoms. The molecule has 21 heavy (non-hydrogen) atoms. The molecule has 0 saturated carbocycles. The van der Waals surface area contributed by atoms with Crippen LogP contribution in [0.1, 0.15) is 37.8 Å². The molecule has 1 aromatic rings. The highest BCUT2D eigenvalue weighted by atomic mass is 35.5. The van der Waals surface area contributed by atoms with Gasteiger partial charge in [0.25, 0.3) is 0 Å². The molecule has 116 valence electrons. The Morgan fingerprint density at radius 3 is 2.86 bits per heavy atom. The maximum Gasteiger partial charge on any atom is 0.142 e. The lowest BCUT2D eigenvalue weighted by atomic mass is 10.00. The summed E-state index contributed by atoms with van der Waals surface area (Å²) in [4.78, 5) is 2.55. The minimum absolute atomic E-state index is 0.273. The standard InChI is InChI=1S/C16H22Cl2N2O/c1-11(20-5-2-3-6-20)10-19-15-4-7-21-16-13(15)8-12(17)9-14(16)18/h8-9,11,15,19H,2-7,10H2,1H3. The van der Waals surface area contributed by atoms with Crippen LogP contribution in [0, 0.1) is 0 Å². The lowest BCUT2D eigenvalue weighted by Crippen LogP contribution is -2.40. The van der Waals surface area contributed by atoms with Crippen molar-refractivity contribution in [1.29, 1.82) is 0 Å². The predicted octanol–water partition coefficient (Wildman–Crippen LogP) is 3.89. The Morgan fingerprint density at radius 1 is 1.33 bits per heavy atom. The van der Waals surface area contributed by atoms with Crippen molar-refractivity contribution < 1.29 is 4.74 Å². The van der Waals surface area contributed by atoms with Gasteiger partial charge in [0, 0.05) is 35.6 Å². The number of fused-ring (bicyclic) bond motifs is 1. The molecule has 2 atom stereocenters. The molecule has 0 amide bonds. The first kappa shape index (κ1) is 15.4. The largest absolute Gasteiger partial charge is 0.492 e. The van der Waals surface area contributed by atoms with Crippen LogP contribution >= 0.6 is 23.2 Å². The molecular weight excluding hydrogens is 307 g/mol. The van der Waals surface area contributed by atoms with Crippen molar-refractivity contribution >= 4 is 23.2 Å². The zero-order valence-corrected chi connectivity index (χ0v) is 13.9. The van der Waals surface area contributed by atoms with Crippen LogP contribution in [0.3, 0.4) is 0 Å². The molecule has 3 rings (SSSR count). The fourth-order valence-electron chi connectivity index (χ4n) is 3.26. The van der Waals surface area contributed by atoms with E-state index in [1.807, 2.05) is 6.07 Å². The van der Waals surface area contributed by atoms with Gasteiger partial charge in [-0.3, -0.25) is 4.90 Å². The lowest BCUT2D eigenvalue weighted by molar-refractivity contribution is 0.221. The van der Waals surface area contributed by atoms with Crippen LogP contribution in [0.4, 0.5) is 0 Å². The number of nitrogens with zero attached hydrogens (tertiary/aromatic N) is 1. The van der Waals surface area contributed by atoms with E-state index in [1.165, 1.54) is 25.9 Å². The van der Waals surface area contributed by atoms with Crippen LogP contribution in [0.15, 0.2) is 12.1 Å². The Balaban J connectivity index is 1.67. The second-order valence-electron chi connectivity index (χ2n) is 6.00. The number of nitrogens with one attached hydrogen (secondary N) is 1. The first-order valence-electron chi connectivity index (χ1n) is 7.74. The first-order valence-corrected chi connectivity index (χ1v) is 8.50. The molecule has 0 radical (unpaired) electrons. The van der Waals surface area contributed by atoms with Crippen molar-refractivity contribution in [3.8, 4) is 5.75 Å². The van der Waals surface area contributed by atoms with Crippen molar-refractivity contribution in [3.05, 3.63) is 27.7 Å². The van der Waals surface area contributed by atoms with Crippen LogP contribution in [0.5, 0.6) is 5.75 Å². The molecular formula is C16H22Cl2N2O. The Hall–Kier alpha value is -0.480. The summed E-state index contributed by atoms with van der Waals surface area (Å²) in [6.45, 7) is 6.43. The molecule has 0 aromatic heterocycles. The molecule has 1 fully saturated rings. The zero-order valence-electron chi connectivity index (χ0n) is 12.4. The average molecular weight is 329 g/mol. The van der Waals surface area contributed by atoms with Gasteiger partial charge in [0.15, 0.2) is 0 Å². The minimum Gasteiger partial charge on any atom is -0.492 e. The lowest BCUT2D eigenvalue weighted by Gasteiger charge is -2.31. The van der Waals surface area contributed by atoms with Gasteiger partial charge in [-0.25, -0.2) is 0 Å². The molecule has 2 aliphatic heterocycles. The van der Waals surface area contributed by atoms with Gasteiger partial charge < -0.3 is 10.1 Å². The molecule has 2 aliphatic rings. The third-order valence-electron chi connectivity index (χ3n) is 4.49. The van der Waals surface area contributed by atoms with E-state index in [-0.39, 0.29) is 6.04 Å². The summed E-state index contributed by atoms with van der Waals surface area (Å²) >= 11 is 12.4. The van der Waals surface area contributed by atoms with E-state index in [2.05, 4.69) is 17.1 Å². The first-order chi connectivity index (χ1) is 10.1. The van der Waals surface area contributed by atoms with Crippen molar-refractivity contribution in [2.45, 2.75) is 38.3 Å². The van der Waals surface area contributed by atoms with E-state index in [1.54, 1.807) is 6.07 Å². The molecule has 0 aliphatic carbocycles. The van der Waals surface area contributed by atoms with Gasteiger partial charge in [-0.2, -0.15) is 0 Å². The fraction of sp³-hybridized carbons (Fsp3) is 0.625. The molecule has 0 spiro atoms. The Morgan fingerprint density at radius 2 is 2.10 bits per heavy atom. The second-order valence-corrected chi connectivity index (χ2v) is 6.84. The van der Waals surface area contributed by atoms with Crippen molar-refractivity contribution in [1.82, 2.24) is 10.2 Å². The number of rotatable bonds is 4. The number of halogens is 2. The second kappa shape index (κ2) is 6.74. The maximum absolute atomic E-state index is 6.23. The summed E-state index contributed by atoms with van der Waals surface area (Å²) in [5.74, 6) is 0.790. The van der Waals surface area contributed by atoms with E-state index in [9.17, 15) is 0 Å². The number of ether oxygens (including phenoxy) is 1. The Kier molecular flexibility index (Phi) is 4.95. The maximum atomic E-state index is 6.23. The van der Waals surface area contributed by atoms with E-state index >= 15 is 0 Å². The minimum atomic E-state index is 0.273. The van der Waals surface area contributed by atoms with Crippen molar-refractivity contribution in [2.75, 3.05) is 26.2 Å². The van der Waals surface area contributed by atoms with Crippen LogP contribution in [-0.2, 0) is 0 Å². The molecule has 1 aromatic carbocycles. The zero-order chi connectivity index (χ0) is 14.8. The van der Waals surface area contributed by atoms with Gasteiger partial charge in [0.2, 0.25) is 0 Å². The third-order valence-corrected chi connectivity index (χ3v) is 4.99. The fourth-order valence-corrected chi connectivity index (χ4v) is 3.83. The predicted molar refractivity (Wildman–Crippen MR) is 87.6 cm³/mol. The molecule has 2 unspecified atom stereocenters. The van der Waals surface area contributed by atoms with Gasteiger partial charge in [0.1, 0.15) is 5.75 Å². The number of likely N-dealkylation sites (tertiary alicyclic amines) is 1. The highest BCUT2D eigenvalue weighted by Crippen LogP contribution is 2.39. The van der Waals surface area contributed by atoms with E-state index in [4.69, 9.17) is 27.9 Å². The van der Waals surface area contributed by atoms with E-state index in [0.717, 1.165) is 24.3 Å². The summed E-state index contributed by atoms with van der Waals surface area (Å²) in [7, 11) is 0. The summed E-state index contributed by atoms with van der Waals surface area (Å²) in [5.41, 5.74) is 1.09. The molecule has 3 nitrogen and oxygen atoms in total. The van der Waals surface area contributed by atoms with Crippen molar-refractivity contribution in [2.24, 2.45) is 0 Å². The summed E-state index contributed by atoms with van der Waals surface area (Å²) in [5, 5.41) is 4.95. The van der Waals surface area contributed by atoms with Crippen LogP contribution in [0.25, 0.3) is 0 Å². The normalized spacial score (nSPS) is 23.7. The topological polar surface area (TPSA) is 24.5 Å². The van der Waals surface area contributed by atoms with Crippen LogP contribution in [0.2, 0.25) is 10.0 Å². The number of benzene rings is 1. The third kappa shape index (κ3) is 3.48. The number of hydrogen-bond acceptors (Lipinski definition) is 3. The van der Waals surface area contributed by atoms with Gasteiger partial charge in [-0.15, -0.1) is 0 Å². The smallest absolute Gasteiger partial charge is 0.142 e. The summed E-state index contributed by atoms with van der Waals surface area (Å²) in [6.07, 6.45) is 3.61. The molecule has 1 saturated heterocycles. The van der Waals surface area contributed by atoms with E-state index < -0.39 is 0 Å². The quantitative estimate of drug-likeness (QED) is 0.907. The van der Waals surface area contributed by atoms with Gasteiger partial charge in [0.05, 0.1) is 11.6 Å². The van der Waals surface area contributed by atoms with Crippen LogP contribution < -0.4 is 10.1 Å². The van der Waals surface area contributed by atoms with Crippen molar-refractivity contribution in [3.63, 3.8) is 0 Å². The van der Waals surface area contributed by atoms with Gasteiger partial charge in [-0.1, -0.05) is 23.2 Å². The SMILES string of the molecule is CC(CNC1CCOc2c(Cl)cc(Cl)cc21)N1CCCC1. The molecule has 1 N–H and O–H groups in total. The monoisotopic (exact) mass is 328 g/mol. The summed E-state index contributed by atoms with van der Waals surface area (Å²) < 4.78 is 5.71. The van der Waals surface area contributed by atoms with Gasteiger partial charge in [-0.05, 0) is 45.0 Å². The van der Waals surface area contributed by atoms with Crippen LogP contribution in [-0.4, -0.2) is 37.2 Å². The average Bonchev–Trinajstić information content (AvgIpc) is 2.99. The molecule has 5 heteroatoms.